The summed E-state index contributed by atoms with van der Waals surface area (Å²) in [4.78, 5) is 0. The van der Waals surface area contributed by atoms with Gasteiger partial charge in [-0.2, -0.15) is 0 Å². The van der Waals surface area contributed by atoms with Crippen LogP contribution in [0.4, 0.5) is 8.78 Å². The van der Waals surface area contributed by atoms with Crippen LogP contribution < -0.4 is 5.73 Å². The van der Waals surface area contributed by atoms with Gasteiger partial charge in [0.25, 0.3) is 0 Å². The molecule has 1 rings (SSSR count). The molecule has 0 aliphatic rings. The molecule has 1 aromatic rings. The first-order chi connectivity index (χ1) is 5.52. The molecule has 5 heteroatoms. The van der Waals surface area contributed by atoms with E-state index in [9.17, 15) is 8.78 Å². The highest BCUT2D eigenvalue weighted by Crippen LogP contribution is 2.17. The largest absolute Gasteiger partial charge is 0.384 e. The van der Waals surface area contributed by atoms with E-state index in [-0.39, 0.29) is 5.02 Å². The molecule has 0 aliphatic carbocycles. The van der Waals surface area contributed by atoms with Gasteiger partial charge in [0.15, 0.2) is 0 Å². The SMILES string of the molecule is N=C(N)c1c(F)cc(Cl)cc1F. The molecule has 0 saturated carbocycles. The lowest BCUT2D eigenvalue weighted by atomic mass is 10.2. The molecule has 0 amide bonds. The third-order valence-electron chi connectivity index (χ3n) is 1.28. The van der Waals surface area contributed by atoms with Gasteiger partial charge >= 0.3 is 0 Å². The molecule has 0 bridgehead atoms. The van der Waals surface area contributed by atoms with Crippen molar-refractivity contribution in [2.24, 2.45) is 5.73 Å². The molecule has 0 spiro atoms. The predicted molar refractivity (Wildman–Crippen MR) is 42.4 cm³/mol. The first-order valence-electron chi connectivity index (χ1n) is 3.01. The van der Waals surface area contributed by atoms with Crippen molar-refractivity contribution in [2.75, 3.05) is 0 Å². The lowest BCUT2D eigenvalue weighted by Gasteiger charge is -2.02. The standard InChI is InChI=1S/C7H5ClF2N2/c8-3-1-4(9)6(7(11)12)5(10)2-3/h1-2H,(H3,11,12). The fourth-order valence-corrected chi connectivity index (χ4v) is 0.991. The molecule has 0 heterocycles. The average molecular weight is 191 g/mol. The van der Waals surface area contributed by atoms with E-state index < -0.39 is 23.0 Å². The number of hydrogen-bond donors (Lipinski definition) is 2. The Labute approximate surface area is 72.5 Å². The van der Waals surface area contributed by atoms with E-state index in [2.05, 4.69) is 0 Å². The van der Waals surface area contributed by atoms with Crippen LogP contribution in [-0.4, -0.2) is 5.84 Å². The third-order valence-corrected chi connectivity index (χ3v) is 1.49. The zero-order valence-electron chi connectivity index (χ0n) is 5.87. The van der Waals surface area contributed by atoms with Gasteiger partial charge in [0.2, 0.25) is 0 Å². The highest BCUT2D eigenvalue weighted by molar-refractivity contribution is 6.30. The Bertz CT molecular complexity index is 315. The Hall–Kier alpha value is -1.16. The topological polar surface area (TPSA) is 49.9 Å². The minimum atomic E-state index is -0.924. The molecule has 64 valence electrons. The molecule has 0 fully saturated rings. The second-order valence-electron chi connectivity index (χ2n) is 2.16. The van der Waals surface area contributed by atoms with Crippen molar-refractivity contribution in [1.29, 1.82) is 5.41 Å². The Morgan fingerprint density at radius 3 is 2.08 bits per heavy atom. The van der Waals surface area contributed by atoms with Gasteiger partial charge in [-0.05, 0) is 12.1 Å². The lowest BCUT2D eigenvalue weighted by molar-refractivity contribution is 0.578. The molecule has 2 nitrogen and oxygen atoms in total. The summed E-state index contributed by atoms with van der Waals surface area (Å²) >= 11 is 5.34. The van der Waals surface area contributed by atoms with E-state index in [1.807, 2.05) is 0 Å². The smallest absolute Gasteiger partial charge is 0.138 e. The normalized spacial score (nSPS) is 9.92. The first-order valence-corrected chi connectivity index (χ1v) is 3.39. The van der Waals surface area contributed by atoms with Crippen molar-refractivity contribution in [2.45, 2.75) is 0 Å². The van der Waals surface area contributed by atoms with Crippen molar-refractivity contribution in [3.63, 3.8) is 0 Å². The van der Waals surface area contributed by atoms with Gasteiger partial charge in [-0.3, -0.25) is 5.41 Å². The van der Waals surface area contributed by atoms with Crippen LogP contribution in [0.3, 0.4) is 0 Å². The van der Waals surface area contributed by atoms with Crippen LogP contribution in [0.5, 0.6) is 0 Å². The van der Waals surface area contributed by atoms with Crippen molar-refractivity contribution < 1.29 is 8.78 Å². The second-order valence-corrected chi connectivity index (χ2v) is 2.59. The molecule has 0 atom stereocenters. The summed E-state index contributed by atoms with van der Waals surface area (Å²) in [5, 5.41) is 6.78. The van der Waals surface area contributed by atoms with Crippen LogP contribution in [0.25, 0.3) is 0 Å². The number of nitrogens with two attached hydrogens (primary N) is 1. The Kier molecular flexibility index (Phi) is 2.28. The maximum absolute atomic E-state index is 12.8. The summed E-state index contributed by atoms with van der Waals surface area (Å²) in [6.45, 7) is 0. The summed E-state index contributed by atoms with van der Waals surface area (Å²) in [5.41, 5.74) is 4.38. The summed E-state index contributed by atoms with van der Waals surface area (Å²) in [7, 11) is 0. The maximum Gasteiger partial charge on any atom is 0.138 e. The Balaban J connectivity index is 3.38. The van der Waals surface area contributed by atoms with E-state index in [4.69, 9.17) is 22.7 Å². The average Bonchev–Trinajstić information content (AvgIpc) is 1.82. The fourth-order valence-electron chi connectivity index (χ4n) is 0.800. The molecule has 3 N–H and O–H groups in total. The van der Waals surface area contributed by atoms with E-state index >= 15 is 0 Å². The monoisotopic (exact) mass is 190 g/mol. The molecule has 0 saturated heterocycles. The lowest BCUT2D eigenvalue weighted by Crippen LogP contribution is -2.15. The van der Waals surface area contributed by atoms with Gasteiger partial charge < -0.3 is 5.73 Å². The highest BCUT2D eigenvalue weighted by atomic mass is 35.5. The van der Waals surface area contributed by atoms with E-state index in [0.717, 1.165) is 12.1 Å². The third kappa shape index (κ3) is 1.53. The second kappa shape index (κ2) is 3.06. The number of halogens is 3. The molecular formula is C7H5ClF2N2. The number of nitrogen functional groups attached to an aromatic ring is 1. The minimum absolute atomic E-state index is 0.0602. The number of benzene rings is 1. The zero-order valence-corrected chi connectivity index (χ0v) is 6.62. The van der Waals surface area contributed by atoms with Crippen LogP contribution in [0, 0.1) is 17.0 Å². The summed E-state index contributed by atoms with van der Waals surface area (Å²) in [6, 6.07) is 1.81. The van der Waals surface area contributed by atoms with Crippen LogP contribution >= 0.6 is 11.6 Å². The van der Waals surface area contributed by atoms with Gasteiger partial charge in [-0.15, -0.1) is 0 Å². The van der Waals surface area contributed by atoms with Crippen molar-refractivity contribution in [3.8, 4) is 0 Å². The summed E-state index contributed by atoms with van der Waals surface area (Å²) in [5.74, 6) is -2.50. The van der Waals surface area contributed by atoms with Gasteiger partial charge in [0.05, 0.1) is 5.56 Å². The first kappa shape index (κ1) is 8.93. The van der Waals surface area contributed by atoms with Crippen LogP contribution in [0.2, 0.25) is 5.02 Å². The van der Waals surface area contributed by atoms with Crippen LogP contribution in [0.1, 0.15) is 5.56 Å². The van der Waals surface area contributed by atoms with Crippen molar-refractivity contribution in [3.05, 3.63) is 34.4 Å². The van der Waals surface area contributed by atoms with E-state index in [1.165, 1.54) is 0 Å². The van der Waals surface area contributed by atoms with Crippen molar-refractivity contribution >= 4 is 17.4 Å². The zero-order chi connectivity index (χ0) is 9.30. The van der Waals surface area contributed by atoms with Crippen LogP contribution in [0.15, 0.2) is 12.1 Å². The van der Waals surface area contributed by atoms with Gasteiger partial charge in [-0.1, -0.05) is 11.6 Å². The molecule has 1 aromatic carbocycles. The van der Waals surface area contributed by atoms with Gasteiger partial charge in [0, 0.05) is 5.02 Å². The van der Waals surface area contributed by atoms with Crippen molar-refractivity contribution in [1.82, 2.24) is 0 Å². The molecule has 0 radical (unpaired) electrons. The van der Waals surface area contributed by atoms with Gasteiger partial charge in [-0.25, -0.2) is 8.78 Å². The highest BCUT2D eigenvalue weighted by Gasteiger charge is 2.12. The number of rotatable bonds is 1. The Morgan fingerprint density at radius 2 is 1.75 bits per heavy atom. The Morgan fingerprint density at radius 1 is 1.33 bits per heavy atom. The number of amidine groups is 1. The molecule has 0 aliphatic heterocycles. The predicted octanol–water partition coefficient (Wildman–Crippen LogP) is 1.90. The molecule has 12 heavy (non-hydrogen) atoms. The van der Waals surface area contributed by atoms with E-state index in [0.29, 0.717) is 0 Å². The molecular weight excluding hydrogens is 186 g/mol. The van der Waals surface area contributed by atoms with Crippen LogP contribution in [-0.2, 0) is 0 Å². The maximum atomic E-state index is 12.8. The number of hydrogen-bond acceptors (Lipinski definition) is 1. The van der Waals surface area contributed by atoms with E-state index in [1.54, 1.807) is 0 Å². The summed E-state index contributed by atoms with van der Waals surface area (Å²) in [6.07, 6.45) is 0. The fraction of sp³-hybridized carbons (Fsp3) is 0. The molecule has 0 aromatic heterocycles. The molecule has 0 unspecified atom stereocenters. The van der Waals surface area contributed by atoms with Gasteiger partial charge in [0.1, 0.15) is 17.5 Å². The quantitative estimate of drug-likeness (QED) is 0.516. The summed E-state index contributed by atoms with van der Waals surface area (Å²) < 4.78 is 25.6. The number of nitrogens with one attached hydrogen (secondary N) is 1. The minimum Gasteiger partial charge on any atom is -0.384 e.